The van der Waals surface area contributed by atoms with Crippen molar-refractivity contribution in [2.24, 2.45) is 17.8 Å². The Hall–Kier alpha value is -2.19. The van der Waals surface area contributed by atoms with Crippen molar-refractivity contribution in [3.05, 3.63) is 25.3 Å². The summed E-state index contributed by atoms with van der Waals surface area (Å²) in [5.41, 5.74) is -2.60. The third-order valence-electron chi connectivity index (χ3n) is 7.37. The summed E-state index contributed by atoms with van der Waals surface area (Å²) in [5, 5.41) is 9.69. The fraction of sp³-hybridized carbons (Fsp3) is 0.708. The molecule has 0 radical (unpaired) electrons. The number of rotatable bonds is 8. The molecule has 0 aromatic heterocycles. The molecule has 0 saturated carbocycles. The maximum absolute atomic E-state index is 14.0. The first kappa shape index (κ1) is 24.5. The Kier molecular flexibility index (Phi) is 6.34. The molecule has 3 aliphatic rings. The van der Waals surface area contributed by atoms with E-state index in [2.05, 4.69) is 13.2 Å². The van der Waals surface area contributed by atoms with Crippen LogP contribution in [0, 0.1) is 17.8 Å². The number of esters is 1. The van der Waals surface area contributed by atoms with Crippen LogP contribution in [0.3, 0.4) is 0 Å². The van der Waals surface area contributed by atoms with Crippen molar-refractivity contribution in [1.29, 1.82) is 0 Å². The highest BCUT2D eigenvalue weighted by atomic mass is 16.6. The van der Waals surface area contributed by atoms with Crippen LogP contribution in [0.1, 0.15) is 41.0 Å². The Bertz CT molecular complexity index is 820. The molecule has 3 heterocycles. The van der Waals surface area contributed by atoms with Gasteiger partial charge in [0.25, 0.3) is 0 Å². The third kappa shape index (κ3) is 3.39. The third-order valence-corrected chi connectivity index (χ3v) is 7.37. The van der Waals surface area contributed by atoms with Gasteiger partial charge in [-0.2, -0.15) is 0 Å². The lowest BCUT2D eigenvalue weighted by atomic mass is 9.62. The van der Waals surface area contributed by atoms with Gasteiger partial charge in [-0.05, 0) is 40.0 Å². The molecule has 3 fully saturated rings. The quantitative estimate of drug-likeness (QED) is 0.447. The molecule has 2 amide bonds. The van der Waals surface area contributed by atoms with E-state index in [1.54, 1.807) is 11.0 Å². The van der Waals surface area contributed by atoms with Crippen molar-refractivity contribution in [2.45, 2.75) is 63.8 Å². The van der Waals surface area contributed by atoms with Gasteiger partial charge in [0, 0.05) is 18.6 Å². The predicted molar refractivity (Wildman–Crippen MR) is 118 cm³/mol. The van der Waals surface area contributed by atoms with Crippen LogP contribution in [-0.4, -0.2) is 81.8 Å². The lowest BCUT2D eigenvalue weighted by Gasteiger charge is -2.42. The van der Waals surface area contributed by atoms with Gasteiger partial charge in [-0.25, -0.2) is 0 Å². The molecule has 0 aliphatic carbocycles. The van der Waals surface area contributed by atoms with E-state index in [9.17, 15) is 19.5 Å². The van der Waals surface area contributed by atoms with Crippen molar-refractivity contribution >= 4 is 17.8 Å². The normalized spacial score (nSPS) is 35.6. The zero-order valence-corrected chi connectivity index (χ0v) is 19.8. The van der Waals surface area contributed by atoms with Crippen molar-refractivity contribution in [3.63, 3.8) is 0 Å². The van der Waals surface area contributed by atoms with Crippen LogP contribution in [0.4, 0.5) is 0 Å². The molecule has 3 saturated heterocycles. The molecule has 8 nitrogen and oxygen atoms in total. The summed E-state index contributed by atoms with van der Waals surface area (Å²) in [6.45, 7) is 17.0. The second-order valence-corrected chi connectivity index (χ2v) is 10.3. The largest absolute Gasteiger partial charge is 0.461 e. The van der Waals surface area contributed by atoms with Crippen LogP contribution in [0.2, 0.25) is 0 Å². The van der Waals surface area contributed by atoms with E-state index in [1.165, 1.54) is 11.0 Å². The van der Waals surface area contributed by atoms with E-state index in [4.69, 9.17) is 9.47 Å². The van der Waals surface area contributed by atoms with E-state index in [-0.39, 0.29) is 37.5 Å². The number of fused-ring (bicyclic) bond motifs is 1. The lowest BCUT2D eigenvalue weighted by Crippen LogP contribution is -2.60. The number of carbonyl (C=O) groups excluding carboxylic acids is 3. The Balaban J connectivity index is 2.12. The van der Waals surface area contributed by atoms with Crippen LogP contribution >= 0.6 is 0 Å². The number of aliphatic hydroxyl groups excluding tert-OH is 1. The summed E-state index contributed by atoms with van der Waals surface area (Å²) in [6, 6.07) is -0.937. The van der Waals surface area contributed by atoms with Gasteiger partial charge < -0.3 is 24.4 Å². The Labute approximate surface area is 190 Å². The van der Waals surface area contributed by atoms with Gasteiger partial charge in [0.1, 0.15) is 24.2 Å². The molecule has 3 rings (SSSR count). The zero-order valence-electron chi connectivity index (χ0n) is 19.8. The zero-order chi connectivity index (χ0) is 24.1. The van der Waals surface area contributed by atoms with Crippen molar-refractivity contribution in [1.82, 2.24) is 9.80 Å². The summed E-state index contributed by atoms with van der Waals surface area (Å²) in [5.74, 6) is -2.87. The molecule has 0 aromatic carbocycles. The summed E-state index contributed by atoms with van der Waals surface area (Å²) >= 11 is 0. The fourth-order valence-electron chi connectivity index (χ4n) is 5.93. The number of hydrogen-bond acceptors (Lipinski definition) is 6. The molecular weight excluding hydrogens is 412 g/mol. The number of ether oxygens (including phenoxy) is 2. The van der Waals surface area contributed by atoms with Crippen LogP contribution < -0.4 is 0 Å². The molecule has 3 unspecified atom stereocenters. The smallest absolute Gasteiger partial charge is 0.313 e. The topological polar surface area (TPSA) is 96.4 Å². The minimum atomic E-state index is -1.15. The first-order chi connectivity index (χ1) is 14.9. The molecule has 3 aliphatic heterocycles. The Morgan fingerprint density at radius 1 is 1.34 bits per heavy atom. The minimum absolute atomic E-state index is 0.0115. The molecule has 1 N–H and O–H groups in total. The SMILES string of the molecule is C=CCOC(=O)[C@@H]1[C@H]2C(=O)N(CCO)C(C(=O)N(CC=C)C(C)(C)C)C23CC(C)[C@@]1(C)O3. The molecule has 32 heavy (non-hydrogen) atoms. The van der Waals surface area contributed by atoms with Crippen molar-refractivity contribution in [3.8, 4) is 0 Å². The Morgan fingerprint density at radius 3 is 2.53 bits per heavy atom. The van der Waals surface area contributed by atoms with E-state index in [0.717, 1.165) is 0 Å². The molecular formula is C24H36N2O6. The second kappa shape index (κ2) is 8.30. The van der Waals surface area contributed by atoms with Gasteiger partial charge in [0.15, 0.2) is 0 Å². The van der Waals surface area contributed by atoms with Crippen molar-refractivity contribution < 1.29 is 29.0 Å². The number of amides is 2. The maximum Gasteiger partial charge on any atom is 0.313 e. The van der Waals surface area contributed by atoms with E-state index >= 15 is 0 Å². The maximum atomic E-state index is 14.0. The summed E-state index contributed by atoms with van der Waals surface area (Å²) in [4.78, 5) is 43.8. The highest BCUT2D eigenvalue weighted by molar-refractivity contribution is 5.98. The number of nitrogens with zero attached hydrogens (tertiary/aromatic N) is 2. The lowest BCUT2D eigenvalue weighted by molar-refractivity contribution is -0.162. The van der Waals surface area contributed by atoms with Gasteiger partial charge in [-0.15, -0.1) is 6.58 Å². The van der Waals surface area contributed by atoms with E-state index in [1.807, 2.05) is 34.6 Å². The number of hydrogen-bond donors (Lipinski definition) is 1. The number of likely N-dealkylation sites (tertiary alicyclic amines) is 1. The first-order valence-corrected chi connectivity index (χ1v) is 11.2. The van der Waals surface area contributed by atoms with Gasteiger partial charge in [-0.1, -0.05) is 25.7 Å². The fourth-order valence-corrected chi connectivity index (χ4v) is 5.93. The van der Waals surface area contributed by atoms with Gasteiger partial charge in [0.2, 0.25) is 11.8 Å². The van der Waals surface area contributed by atoms with Crippen LogP contribution in [0.15, 0.2) is 25.3 Å². The molecule has 2 bridgehead atoms. The van der Waals surface area contributed by atoms with Crippen LogP contribution in [-0.2, 0) is 23.9 Å². The monoisotopic (exact) mass is 448 g/mol. The van der Waals surface area contributed by atoms with Crippen LogP contribution in [0.25, 0.3) is 0 Å². The summed E-state index contributed by atoms with van der Waals surface area (Å²) in [7, 11) is 0. The standard InChI is InChI=1S/C24H36N2O6/c1-8-10-26(22(4,5)6)20(29)18-24-14-15(3)23(7,32-24)17(21(30)31-13-9-2)16(24)19(28)25(18)11-12-27/h8-9,15-18,27H,1-2,10-14H2,3-7H3/t15?,16-,17-,18?,23+,24?/m0/s1. The van der Waals surface area contributed by atoms with E-state index in [0.29, 0.717) is 13.0 Å². The average molecular weight is 449 g/mol. The first-order valence-electron chi connectivity index (χ1n) is 11.2. The second-order valence-electron chi connectivity index (χ2n) is 10.3. The Morgan fingerprint density at radius 2 is 2.00 bits per heavy atom. The van der Waals surface area contributed by atoms with E-state index < -0.39 is 40.6 Å². The predicted octanol–water partition coefficient (Wildman–Crippen LogP) is 1.53. The number of carbonyl (C=O) groups is 3. The minimum Gasteiger partial charge on any atom is -0.461 e. The van der Waals surface area contributed by atoms with Crippen molar-refractivity contribution in [2.75, 3.05) is 26.3 Å². The van der Waals surface area contributed by atoms with Gasteiger partial charge >= 0.3 is 5.97 Å². The van der Waals surface area contributed by atoms with Crippen LogP contribution in [0.5, 0.6) is 0 Å². The average Bonchev–Trinajstić information content (AvgIpc) is 3.21. The highest BCUT2D eigenvalue weighted by Gasteiger charge is 2.80. The highest BCUT2D eigenvalue weighted by Crippen LogP contribution is 2.65. The number of β-amino-alcohol motifs (C(OH)–C–C–N with tert-alkyl or cyclic N) is 1. The molecule has 6 atom stereocenters. The molecule has 1 spiro atoms. The summed E-state index contributed by atoms with van der Waals surface area (Å²) in [6.07, 6.45) is 3.60. The number of aliphatic hydroxyl groups is 1. The molecule has 178 valence electrons. The van der Waals surface area contributed by atoms with Gasteiger partial charge in [0.05, 0.1) is 18.1 Å². The molecule has 0 aromatic rings. The summed E-state index contributed by atoms with van der Waals surface area (Å²) < 4.78 is 11.9. The molecule has 8 heteroatoms. The van der Waals surface area contributed by atoms with Gasteiger partial charge in [-0.3, -0.25) is 14.4 Å².